The van der Waals surface area contributed by atoms with Crippen LogP contribution < -0.4 is 10.1 Å². The van der Waals surface area contributed by atoms with Crippen LogP contribution in [0.5, 0.6) is 5.88 Å². The molecule has 18 heavy (non-hydrogen) atoms. The standard InChI is InChI=1S/C12H15BrN4O/c1-14-10(11-9(13)7-16-17(11)2)8-5-4-6-15-12(8)18-3/h4-7,10,14H,1-3H3. The highest BCUT2D eigenvalue weighted by molar-refractivity contribution is 9.10. The summed E-state index contributed by atoms with van der Waals surface area (Å²) in [5.74, 6) is 0.616. The van der Waals surface area contributed by atoms with Crippen LogP contribution in [0.4, 0.5) is 0 Å². The Morgan fingerprint density at radius 1 is 1.50 bits per heavy atom. The SMILES string of the molecule is CNC(c1cccnc1OC)c1c(Br)cnn1C. The first-order valence-electron chi connectivity index (χ1n) is 5.52. The zero-order valence-electron chi connectivity index (χ0n) is 10.5. The molecule has 2 heterocycles. The van der Waals surface area contributed by atoms with Gasteiger partial charge in [0.2, 0.25) is 5.88 Å². The van der Waals surface area contributed by atoms with Crippen LogP contribution in [0.2, 0.25) is 0 Å². The average Bonchev–Trinajstić information content (AvgIpc) is 2.72. The van der Waals surface area contributed by atoms with Gasteiger partial charge in [0.25, 0.3) is 0 Å². The van der Waals surface area contributed by atoms with Gasteiger partial charge in [-0.3, -0.25) is 4.68 Å². The van der Waals surface area contributed by atoms with Gasteiger partial charge in [0, 0.05) is 18.8 Å². The number of methoxy groups -OCH3 is 1. The van der Waals surface area contributed by atoms with Gasteiger partial charge in [-0.15, -0.1) is 0 Å². The van der Waals surface area contributed by atoms with E-state index < -0.39 is 0 Å². The van der Waals surface area contributed by atoms with E-state index in [0.717, 1.165) is 15.7 Å². The van der Waals surface area contributed by atoms with Crippen LogP contribution in [0.25, 0.3) is 0 Å². The second-order valence-electron chi connectivity index (χ2n) is 3.82. The number of hydrogen-bond donors (Lipinski definition) is 1. The Labute approximate surface area is 114 Å². The van der Waals surface area contributed by atoms with E-state index in [4.69, 9.17) is 4.74 Å². The summed E-state index contributed by atoms with van der Waals surface area (Å²) in [5.41, 5.74) is 2.01. The fraction of sp³-hybridized carbons (Fsp3) is 0.333. The lowest BCUT2D eigenvalue weighted by Crippen LogP contribution is -2.22. The van der Waals surface area contributed by atoms with Crippen molar-refractivity contribution in [1.29, 1.82) is 0 Å². The molecule has 0 saturated heterocycles. The number of ether oxygens (including phenoxy) is 1. The highest BCUT2D eigenvalue weighted by Crippen LogP contribution is 2.31. The summed E-state index contributed by atoms with van der Waals surface area (Å²) in [7, 11) is 5.43. The normalized spacial score (nSPS) is 12.4. The molecule has 0 saturated carbocycles. The van der Waals surface area contributed by atoms with Crippen LogP contribution in [0.3, 0.4) is 0 Å². The number of aromatic nitrogens is 3. The van der Waals surface area contributed by atoms with Crippen LogP contribution in [0.15, 0.2) is 29.0 Å². The van der Waals surface area contributed by atoms with Gasteiger partial charge in [0.05, 0.1) is 29.5 Å². The summed E-state index contributed by atoms with van der Waals surface area (Å²) in [5, 5.41) is 7.50. The van der Waals surface area contributed by atoms with E-state index in [9.17, 15) is 0 Å². The molecule has 0 aromatic carbocycles. The second-order valence-corrected chi connectivity index (χ2v) is 4.68. The van der Waals surface area contributed by atoms with Crippen molar-refractivity contribution in [1.82, 2.24) is 20.1 Å². The molecule has 1 unspecified atom stereocenters. The van der Waals surface area contributed by atoms with Gasteiger partial charge in [-0.25, -0.2) is 4.98 Å². The summed E-state index contributed by atoms with van der Waals surface area (Å²) >= 11 is 3.52. The molecule has 0 bridgehead atoms. The molecule has 0 fully saturated rings. The molecular formula is C12H15BrN4O. The third-order valence-electron chi connectivity index (χ3n) is 2.80. The highest BCUT2D eigenvalue weighted by atomic mass is 79.9. The van der Waals surface area contributed by atoms with E-state index in [1.807, 2.05) is 30.9 Å². The van der Waals surface area contributed by atoms with Crippen molar-refractivity contribution in [3.63, 3.8) is 0 Å². The van der Waals surface area contributed by atoms with Crippen LogP contribution in [-0.2, 0) is 7.05 Å². The highest BCUT2D eigenvalue weighted by Gasteiger charge is 2.22. The van der Waals surface area contributed by atoms with Gasteiger partial charge in [0.15, 0.2) is 0 Å². The van der Waals surface area contributed by atoms with Gasteiger partial charge < -0.3 is 10.1 Å². The number of hydrogen-bond acceptors (Lipinski definition) is 4. The lowest BCUT2D eigenvalue weighted by Gasteiger charge is -2.19. The molecule has 1 atom stereocenters. The zero-order chi connectivity index (χ0) is 13.1. The van der Waals surface area contributed by atoms with E-state index >= 15 is 0 Å². The third kappa shape index (κ3) is 2.26. The summed E-state index contributed by atoms with van der Waals surface area (Å²) in [6, 6.07) is 3.86. The van der Waals surface area contributed by atoms with Crippen molar-refractivity contribution in [3.8, 4) is 5.88 Å². The summed E-state index contributed by atoms with van der Waals surface area (Å²) in [6.07, 6.45) is 3.50. The Balaban J connectivity index is 2.52. The number of aryl methyl sites for hydroxylation is 1. The predicted octanol–water partition coefficient (Wildman–Crippen LogP) is 1.90. The molecular weight excluding hydrogens is 296 g/mol. The minimum atomic E-state index is -0.0319. The lowest BCUT2D eigenvalue weighted by atomic mass is 10.1. The molecule has 5 nitrogen and oxygen atoms in total. The van der Waals surface area contributed by atoms with E-state index in [-0.39, 0.29) is 6.04 Å². The number of nitrogens with one attached hydrogen (secondary N) is 1. The van der Waals surface area contributed by atoms with Crippen molar-refractivity contribution in [2.24, 2.45) is 7.05 Å². The van der Waals surface area contributed by atoms with E-state index in [1.54, 1.807) is 19.5 Å². The molecule has 0 aliphatic rings. The summed E-state index contributed by atoms with van der Waals surface area (Å²) in [6.45, 7) is 0. The van der Waals surface area contributed by atoms with Gasteiger partial charge in [-0.1, -0.05) is 6.07 Å². The maximum absolute atomic E-state index is 5.31. The molecule has 0 amide bonds. The first kappa shape index (κ1) is 13.0. The lowest BCUT2D eigenvalue weighted by molar-refractivity contribution is 0.387. The van der Waals surface area contributed by atoms with Crippen molar-refractivity contribution < 1.29 is 4.74 Å². The van der Waals surface area contributed by atoms with E-state index in [1.165, 1.54) is 0 Å². The molecule has 1 N–H and O–H groups in total. The molecule has 2 aromatic rings. The smallest absolute Gasteiger partial charge is 0.218 e. The molecule has 2 aromatic heterocycles. The first-order chi connectivity index (χ1) is 8.69. The molecule has 2 rings (SSSR count). The Morgan fingerprint density at radius 3 is 2.83 bits per heavy atom. The minimum absolute atomic E-state index is 0.0319. The fourth-order valence-corrected chi connectivity index (χ4v) is 2.56. The number of nitrogens with zero attached hydrogens (tertiary/aromatic N) is 3. The second kappa shape index (κ2) is 5.49. The molecule has 0 spiro atoms. The van der Waals surface area contributed by atoms with Crippen LogP contribution in [0, 0.1) is 0 Å². The number of rotatable bonds is 4. The van der Waals surface area contributed by atoms with Gasteiger partial charge >= 0.3 is 0 Å². The topological polar surface area (TPSA) is 52.0 Å². The maximum atomic E-state index is 5.31. The zero-order valence-corrected chi connectivity index (χ0v) is 12.1. The van der Waals surface area contributed by atoms with E-state index in [2.05, 4.69) is 31.3 Å². The summed E-state index contributed by atoms with van der Waals surface area (Å²) < 4.78 is 8.09. The van der Waals surface area contributed by atoms with Gasteiger partial charge in [-0.2, -0.15) is 5.10 Å². The first-order valence-corrected chi connectivity index (χ1v) is 6.32. The Morgan fingerprint density at radius 2 is 2.28 bits per heavy atom. The molecule has 6 heteroatoms. The largest absolute Gasteiger partial charge is 0.481 e. The Kier molecular flexibility index (Phi) is 3.98. The van der Waals surface area contributed by atoms with Crippen molar-refractivity contribution in [3.05, 3.63) is 40.3 Å². The number of pyridine rings is 1. The van der Waals surface area contributed by atoms with Crippen LogP contribution in [0.1, 0.15) is 17.3 Å². The summed E-state index contributed by atoms with van der Waals surface area (Å²) in [4.78, 5) is 4.23. The van der Waals surface area contributed by atoms with Crippen molar-refractivity contribution >= 4 is 15.9 Å². The van der Waals surface area contributed by atoms with Crippen LogP contribution >= 0.6 is 15.9 Å². The molecule has 0 aliphatic heterocycles. The molecule has 96 valence electrons. The predicted molar refractivity (Wildman–Crippen MR) is 72.6 cm³/mol. The Bertz CT molecular complexity index is 521. The maximum Gasteiger partial charge on any atom is 0.218 e. The monoisotopic (exact) mass is 310 g/mol. The third-order valence-corrected chi connectivity index (χ3v) is 3.42. The van der Waals surface area contributed by atoms with Gasteiger partial charge in [-0.05, 0) is 29.0 Å². The fourth-order valence-electron chi connectivity index (χ4n) is 1.98. The minimum Gasteiger partial charge on any atom is -0.481 e. The van der Waals surface area contributed by atoms with Crippen LogP contribution in [-0.4, -0.2) is 28.9 Å². The van der Waals surface area contributed by atoms with Crippen molar-refractivity contribution in [2.75, 3.05) is 14.2 Å². The average molecular weight is 311 g/mol. The Hall–Kier alpha value is -1.40. The van der Waals surface area contributed by atoms with Gasteiger partial charge in [0.1, 0.15) is 0 Å². The molecule has 0 aliphatic carbocycles. The van der Waals surface area contributed by atoms with Crippen molar-refractivity contribution in [2.45, 2.75) is 6.04 Å². The molecule has 0 radical (unpaired) electrons. The number of halogens is 1. The van der Waals surface area contributed by atoms with E-state index in [0.29, 0.717) is 5.88 Å². The quantitative estimate of drug-likeness (QED) is 0.937.